The number of sulfonamides is 1. The Balaban J connectivity index is 2.17. The summed E-state index contributed by atoms with van der Waals surface area (Å²) in [5.41, 5.74) is 8.76. The van der Waals surface area contributed by atoms with Crippen molar-refractivity contribution in [3.63, 3.8) is 0 Å². The average Bonchev–Trinajstić information content (AvgIpc) is 2.38. The highest BCUT2D eigenvalue weighted by molar-refractivity contribution is 7.98. The van der Waals surface area contributed by atoms with E-state index in [4.69, 9.17) is 10.9 Å². The molecule has 0 amide bonds. The van der Waals surface area contributed by atoms with Crippen molar-refractivity contribution in [1.29, 1.82) is 0 Å². The molecule has 0 aromatic heterocycles. The van der Waals surface area contributed by atoms with Crippen LogP contribution in [0.15, 0.2) is 52.3 Å². The molecule has 4 N–H and O–H groups in total. The number of hydrogen-bond donors (Lipinski definition) is 2. The van der Waals surface area contributed by atoms with Crippen molar-refractivity contribution in [3.8, 4) is 0 Å². The van der Waals surface area contributed by atoms with Gasteiger partial charge in [0.15, 0.2) is 0 Å². The summed E-state index contributed by atoms with van der Waals surface area (Å²) in [6.07, 6.45) is 0. The Hall–Kier alpha value is -1.50. The van der Waals surface area contributed by atoms with Crippen LogP contribution in [0.1, 0.15) is 11.1 Å². The lowest BCUT2D eigenvalue weighted by molar-refractivity contribution is 0.598. The molecule has 0 spiro atoms. The molecule has 0 aliphatic heterocycles. The molecule has 2 aromatic carbocycles. The van der Waals surface area contributed by atoms with Crippen LogP contribution in [0.2, 0.25) is 0 Å². The molecule has 0 heterocycles. The second-order valence-corrected chi connectivity index (χ2v) is 7.04. The van der Waals surface area contributed by atoms with E-state index >= 15 is 0 Å². The van der Waals surface area contributed by atoms with Gasteiger partial charge in [0.05, 0.1) is 4.90 Å². The maximum Gasteiger partial charge on any atom is 0.238 e. The molecule has 0 aliphatic carbocycles. The van der Waals surface area contributed by atoms with Gasteiger partial charge in [0, 0.05) is 16.3 Å². The van der Waals surface area contributed by atoms with Crippen molar-refractivity contribution in [1.82, 2.24) is 0 Å². The number of aryl methyl sites for hydroxylation is 1. The molecule has 0 saturated carbocycles. The molecule has 0 atom stereocenters. The van der Waals surface area contributed by atoms with E-state index in [0.717, 1.165) is 10.6 Å². The predicted octanol–water partition coefficient (Wildman–Crippen LogP) is 2.52. The van der Waals surface area contributed by atoms with Crippen molar-refractivity contribution in [2.75, 3.05) is 5.73 Å². The van der Waals surface area contributed by atoms with Gasteiger partial charge in [-0.25, -0.2) is 13.6 Å². The highest BCUT2D eigenvalue weighted by atomic mass is 32.2. The lowest BCUT2D eigenvalue weighted by atomic mass is 10.1. The lowest BCUT2D eigenvalue weighted by Crippen LogP contribution is -2.12. The van der Waals surface area contributed by atoms with E-state index in [1.807, 2.05) is 12.1 Å². The van der Waals surface area contributed by atoms with Crippen molar-refractivity contribution in [3.05, 3.63) is 53.6 Å². The molecule has 0 bridgehead atoms. The highest BCUT2D eigenvalue weighted by Gasteiger charge is 2.10. The Morgan fingerprint density at radius 3 is 2.45 bits per heavy atom. The smallest absolute Gasteiger partial charge is 0.238 e. The Kier molecular flexibility index (Phi) is 4.37. The fourth-order valence-electron chi connectivity index (χ4n) is 1.76. The van der Waals surface area contributed by atoms with Gasteiger partial charge < -0.3 is 5.73 Å². The summed E-state index contributed by atoms with van der Waals surface area (Å²) in [5.74, 6) is 0.783. The van der Waals surface area contributed by atoms with Crippen molar-refractivity contribution in [2.45, 2.75) is 22.5 Å². The van der Waals surface area contributed by atoms with Gasteiger partial charge in [0.2, 0.25) is 10.0 Å². The Labute approximate surface area is 123 Å². The van der Waals surface area contributed by atoms with Gasteiger partial charge >= 0.3 is 0 Å². The van der Waals surface area contributed by atoms with Crippen LogP contribution < -0.4 is 10.9 Å². The first kappa shape index (κ1) is 14.9. The molecule has 0 radical (unpaired) electrons. The average molecular weight is 308 g/mol. The normalized spacial score (nSPS) is 11.5. The van der Waals surface area contributed by atoms with Gasteiger partial charge in [-0.05, 0) is 36.2 Å². The van der Waals surface area contributed by atoms with Gasteiger partial charge in [-0.1, -0.05) is 24.3 Å². The minimum atomic E-state index is -3.71. The van der Waals surface area contributed by atoms with E-state index in [2.05, 4.69) is 19.1 Å². The monoisotopic (exact) mass is 308 g/mol. The standard InChI is InChI=1S/C14H16N2O2S2/c1-10-4-2-3-5-11(10)9-19-14-7-6-12(8-13(14)15)20(16,17)18/h2-8H,9,15H2,1H3,(H2,16,17,18). The molecule has 0 aliphatic rings. The van der Waals surface area contributed by atoms with E-state index in [9.17, 15) is 8.42 Å². The highest BCUT2D eigenvalue weighted by Crippen LogP contribution is 2.30. The van der Waals surface area contributed by atoms with Crippen LogP contribution in [0.4, 0.5) is 5.69 Å². The second-order valence-electron chi connectivity index (χ2n) is 4.46. The summed E-state index contributed by atoms with van der Waals surface area (Å²) in [6.45, 7) is 2.06. The predicted molar refractivity (Wildman–Crippen MR) is 83.0 cm³/mol. The molecule has 0 unspecified atom stereocenters. The Morgan fingerprint density at radius 2 is 1.85 bits per heavy atom. The fraction of sp³-hybridized carbons (Fsp3) is 0.143. The third-order valence-corrected chi connectivity index (χ3v) is 5.00. The molecule has 0 fully saturated rings. The summed E-state index contributed by atoms with van der Waals surface area (Å²) < 4.78 is 22.5. The van der Waals surface area contributed by atoms with Crippen LogP contribution in [0.3, 0.4) is 0 Å². The van der Waals surface area contributed by atoms with Crippen LogP contribution in [-0.2, 0) is 15.8 Å². The fourth-order valence-corrected chi connectivity index (χ4v) is 3.34. The van der Waals surface area contributed by atoms with E-state index < -0.39 is 10.0 Å². The zero-order chi connectivity index (χ0) is 14.8. The molecule has 0 saturated heterocycles. The van der Waals surface area contributed by atoms with E-state index in [1.165, 1.54) is 23.3 Å². The largest absolute Gasteiger partial charge is 0.398 e. The SMILES string of the molecule is Cc1ccccc1CSc1ccc(S(N)(=O)=O)cc1N. The molecule has 2 aromatic rings. The van der Waals surface area contributed by atoms with E-state index in [-0.39, 0.29) is 4.90 Å². The molecular weight excluding hydrogens is 292 g/mol. The summed E-state index contributed by atoms with van der Waals surface area (Å²) in [6, 6.07) is 12.7. The summed E-state index contributed by atoms with van der Waals surface area (Å²) >= 11 is 1.57. The van der Waals surface area contributed by atoms with E-state index in [0.29, 0.717) is 5.69 Å². The van der Waals surface area contributed by atoms with Crippen molar-refractivity contribution < 1.29 is 8.42 Å². The van der Waals surface area contributed by atoms with Gasteiger partial charge in [-0.3, -0.25) is 0 Å². The number of anilines is 1. The summed E-state index contributed by atoms with van der Waals surface area (Å²) in [7, 11) is -3.71. The van der Waals surface area contributed by atoms with Crippen LogP contribution >= 0.6 is 11.8 Å². The van der Waals surface area contributed by atoms with Crippen molar-refractivity contribution in [2.24, 2.45) is 5.14 Å². The summed E-state index contributed by atoms with van der Waals surface area (Å²) in [5, 5.41) is 5.07. The third kappa shape index (κ3) is 3.53. The molecule has 106 valence electrons. The lowest BCUT2D eigenvalue weighted by Gasteiger charge is -2.08. The van der Waals surface area contributed by atoms with Gasteiger partial charge in [0.25, 0.3) is 0 Å². The zero-order valence-electron chi connectivity index (χ0n) is 11.0. The van der Waals surface area contributed by atoms with Crippen LogP contribution in [0.5, 0.6) is 0 Å². The minimum absolute atomic E-state index is 0.0373. The Morgan fingerprint density at radius 1 is 1.15 bits per heavy atom. The number of hydrogen-bond acceptors (Lipinski definition) is 4. The number of benzene rings is 2. The number of nitrogen functional groups attached to an aromatic ring is 1. The third-order valence-electron chi connectivity index (χ3n) is 2.95. The number of thioether (sulfide) groups is 1. The molecule has 20 heavy (non-hydrogen) atoms. The van der Waals surface area contributed by atoms with Gasteiger partial charge in [0.1, 0.15) is 0 Å². The van der Waals surface area contributed by atoms with Gasteiger partial charge in [-0.2, -0.15) is 0 Å². The van der Waals surface area contributed by atoms with Crippen LogP contribution in [0, 0.1) is 6.92 Å². The second kappa shape index (κ2) is 5.87. The maximum absolute atomic E-state index is 11.2. The summed E-state index contributed by atoms with van der Waals surface area (Å²) in [4.78, 5) is 0.885. The Bertz CT molecular complexity index is 728. The minimum Gasteiger partial charge on any atom is -0.398 e. The topological polar surface area (TPSA) is 86.2 Å². The quantitative estimate of drug-likeness (QED) is 0.671. The molecule has 4 nitrogen and oxygen atoms in total. The number of primary sulfonamides is 1. The molecular formula is C14H16N2O2S2. The first-order valence-corrected chi connectivity index (χ1v) is 8.51. The number of nitrogens with two attached hydrogens (primary N) is 2. The molecule has 6 heteroatoms. The van der Waals surface area contributed by atoms with Crippen LogP contribution in [-0.4, -0.2) is 8.42 Å². The van der Waals surface area contributed by atoms with Gasteiger partial charge in [-0.15, -0.1) is 11.8 Å². The maximum atomic E-state index is 11.2. The van der Waals surface area contributed by atoms with Crippen LogP contribution in [0.25, 0.3) is 0 Å². The molecule has 2 rings (SSSR count). The first-order chi connectivity index (χ1) is 9.38. The number of rotatable bonds is 4. The van der Waals surface area contributed by atoms with E-state index in [1.54, 1.807) is 17.8 Å². The zero-order valence-corrected chi connectivity index (χ0v) is 12.7. The van der Waals surface area contributed by atoms with Crippen molar-refractivity contribution >= 4 is 27.5 Å². The first-order valence-electron chi connectivity index (χ1n) is 5.97.